The van der Waals surface area contributed by atoms with E-state index >= 15 is 0 Å². The number of likely N-dealkylation sites (tertiary alicyclic amines) is 1. The molecular weight excluding hydrogens is 196 g/mol. The summed E-state index contributed by atoms with van der Waals surface area (Å²) in [6.45, 7) is 14.9. The van der Waals surface area contributed by atoms with Crippen LogP contribution in [0.3, 0.4) is 0 Å². The standard InChI is InChI=1S/C12H26N2.C2H6/c1-11(2)14-9-7-12(3,10-14)6-8-13(4)5;1-2/h11H,6-10H2,1-5H3;1-2H3. The van der Waals surface area contributed by atoms with Gasteiger partial charge in [0.25, 0.3) is 0 Å². The third-order valence-corrected chi connectivity index (χ3v) is 3.48. The van der Waals surface area contributed by atoms with Gasteiger partial charge in [0.1, 0.15) is 0 Å². The molecule has 98 valence electrons. The largest absolute Gasteiger partial charge is 0.309 e. The number of hydrogen-bond donors (Lipinski definition) is 0. The minimum atomic E-state index is 0.564. The van der Waals surface area contributed by atoms with E-state index in [0.717, 1.165) is 6.04 Å². The van der Waals surface area contributed by atoms with Crippen molar-refractivity contribution in [3.8, 4) is 0 Å². The van der Waals surface area contributed by atoms with E-state index in [1.54, 1.807) is 0 Å². The summed E-state index contributed by atoms with van der Waals surface area (Å²) in [5.41, 5.74) is 0.564. The fraction of sp³-hybridized carbons (Fsp3) is 1.00. The molecule has 1 saturated heterocycles. The van der Waals surface area contributed by atoms with Crippen molar-refractivity contribution in [3.05, 3.63) is 0 Å². The van der Waals surface area contributed by atoms with Gasteiger partial charge in [-0.25, -0.2) is 0 Å². The Balaban J connectivity index is 0.00000106. The maximum absolute atomic E-state index is 2.61. The fourth-order valence-electron chi connectivity index (χ4n) is 2.20. The summed E-state index contributed by atoms with van der Waals surface area (Å²) in [4.78, 5) is 4.90. The minimum absolute atomic E-state index is 0.564. The molecular formula is C14H32N2. The molecule has 1 fully saturated rings. The minimum Gasteiger partial charge on any atom is -0.309 e. The lowest BCUT2D eigenvalue weighted by Crippen LogP contribution is -2.32. The van der Waals surface area contributed by atoms with Gasteiger partial charge in [-0.1, -0.05) is 20.8 Å². The lowest BCUT2D eigenvalue weighted by atomic mass is 9.86. The van der Waals surface area contributed by atoms with E-state index in [2.05, 4.69) is 44.7 Å². The molecule has 1 aliphatic heterocycles. The zero-order valence-corrected chi connectivity index (χ0v) is 12.5. The molecule has 0 aliphatic carbocycles. The van der Waals surface area contributed by atoms with Gasteiger partial charge in [-0.3, -0.25) is 0 Å². The second kappa shape index (κ2) is 7.29. The van der Waals surface area contributed by atoms with E-state index in [9.17, 15) is 0 Å². The van der Waals surface area contributed by atoms with Crippen LogP contribution in [0.5, 0.6) is 0 Å². The van der Waals surface area contributed by atoms with Gasteiger partial charge < -0.3 is 9.80 Å². The highest BCUT2D eigenvalue weighted by Gasteiger charge is 2.34. The molecule has 0 amide bonds. The van der Waals surface area contributed by atoms with Crippen LogP contribution in [0.4, 0.5) is 0 Å². The Kier molecular flexibility index (Phi) is 7.25. The quantitative estimate of drug-likeness (QED) is 0.729. The van der Waals surface area contributed by atoms with Gasteiger partial charge in [0, 0.05) is 12.6 Å². The first-order valence-electron chi connectivity index (χ1n) is 6.82. The van der Waals surface area contributed by atoms with Gasteiger partial charge in [0.05, 0.1) is 0 Å². The van der Waals surface area contributed by atoms with E-state index in [4.69, 9.17) is 0 Å². The predicted octanol–water partition coefficient (Wildman–Crippen LogP) is 3.08. The molecule has 1 aliphatic rings. The first-order valence-corrected chi connectivity index (χ1v) is 6.82. The van der Waals surface area contributed by atoms with Crippen LogP contribution in [-0.2, 0) is 0 Å². The molecule has 0 bridgehead atoms. The molecule has 0 saturated carbocycles. The van der Waals surface area contributed by atoms with Crippen molar-refractivity contribution >= 4 is 0 Å². The Hall–Kier alpha value is -0.0800. The van der Waals surface area contributed by atoms with Crippen LogP contribution < -0.4 is 0 Å². The van der Waals surface area contributed by atoms with E-state index in [0.29, 0.717) is 5.41 Å². The van der Waals surface area contributed by atoms with Crippen molar-refractivity contribution < 1.29 is 0 Å². The van der Waals surface area contributed by atoms with Crippen LogP contribution in [-0.4, -0.2) is 49.6 Å². The van der Waals surface area contributed by atoms with Crippen LogP contribution in [0.1, 0.15) is 47.5 Å². The number of nitrogens with zero attached hydrogens (tertiary/aromatic N) is 2. The maximum Gasteiger partial charge on any atom is 0.00390 e. The normalized spacial score (nSPS) is 26.1. The van der Waals surface area contributed by atoms with E-state index in [1.165, 1.54) is 32.5 Å². The fourth-order valence-corrected chi connectivity index (χ4v) is 2.20. The smallest absolute Gasteiger partial charge is 0.00390 e. The Bertz CT molecular complexity index is 178. The van der Waals surface area contributed by atoms with E-state index in [1.807, 2.05) is 13.8 Å². The summed E-state index contributed by atoms with van der Waals surface area (Å²) in [5, 5.41) is 0. The van der Waals surface area contributed by atoms with Gasteiger partial charge in [-0.15, -0.1) is 0 Å². The second-order valence-corrected chi connectivity index (χ2v) is 5.68. The summed E-state index contributed by atoms with van der Waals surface area (Å²) in [6, 6.07) is 0.719. The molecule has 2 heteroatoms. The molecule has 0 aromatic heterocycles. The van der Waals surface area contributed by atoms with Crippen molar-refractivity contribution in [2.24, 2.45) is 5.41 Å². The molecule has 16 heavy (non-hydrogen) atoms. The molecule has 2 nitrogen and oxygen atoms in total. The van der Waals surface area contributed by atoms with Gasteiger partial charge in [-0.2, -0.15) is 0 Å². The Morgan fingerprint density at radius 1 is 1.25 bits per heavy atom. The van der Waals surface area contributed by atoms with Crippen molar-refractivity contribution in [3.63, 3.8) is 0 Å². The second-order valence-electron chi connectivity index (χ2n) is 5.68. The molecule has 1 heterocycles. The molecule has 0 spiro atoms. The average molecular weight is 228 g/mol. The highest BCUT2D eigenvalue weighted by atomic mass is 15.2. The summed E-state index contributed by atoms with van der Waals surface area (Å²) in [7, 11) is 4.33. The van der Waals surface area contributed by atoms with Crippen LogP contribution >= 0.6 is 0 Å². The van der Waals surface area contributed by atoms with Gasteiger partial charge in [0.15, 0.2) is 0 Å². The van der Waals surface area contributed by atoms with Crippen molar-refractivity contribution in [1.29, 1.82) is 0 Å². The monoisotopic (exact) mass is 228 g/mol. The highest BCUT2D eigenvalue weighted by Crippen LogP contribution is 2.34. The summed E-state index contributed by atoms with van der Waals surface area (Å²) in [5.74, 6) is 0. The lowest BCUT2D eigenvalue weighted by molar-refractivity contribution is 0.211. The molecule has 1 unspecified atom stereocenters. The Morgan fingerprint density at radius 2 is 1.81 bits per heavy atom. The highest BCUT2D eigenvalue weighted by molar-refractivity contribution is 4.87. The molecule has 0 aromatic carbocycles. The van der Waals surface area contributed by atoms with Gasteiger partial charge in [0.2, 0.25) is 0 Å². The van der Waals surface area contributed by atoms with Gasteiger partial charge >= 0.3 is 0 Å². The third-order valence-electron chi connectivity index (χ3n) is 3.48. The van der Waals surface area contributed by atoms with Crippen LogP contribution in [0.25, 0.3) is 0 Å². The summed E-state index contributed by atoms with van der Waals surface area (Å²) < 4.78 is 0. The Labute approximate surface area is 103 Å². The third kappa shape index (κ3) is 5.31. The van der Waals surface area contributed by atoms with Crippen molar-refractivity contribution in [1.82, 2.24) is 9.80 Å². The summed E-state index contributed by atoms with van der Waals surface area (Å²) in [6.07, 6.45) is 2.71. The molecule has 1 rings (SSSR count). The maximum atomic E-state index is 2.61. The van der Waals surface area contributed by atoms with E-state index in [-0.39, 0.29) is 0 Å². The zero-order chi connectivity index (χ0) is 12.8. The van der Waals surface area contributed by atoms with Crippen LogP contribution in [0.2, 0.25) is 0 Å². The zero-order valence-electron chi connectivity index (χ0n) is 12.5. The lowest BCUT2D eigenvalue weighted by Gasteiger charge is -2.27. The Morgan fingerprint density at radius 3 is 2.19 bits per heavy atom. The van der Waals surface area contributed by atoms with Crippen molar-refractivity contribution in [2.75, 3.05) is 33.7 Å². The topological polar surface area (TPSA) is 6.48 Å². The van der Waals surface area contributed by atoms with E-state index < -0.39 is 0 Å². The van der Waals surface area contributed by atoms with Gasteiger partial charge in [-0.05, 0) is 59.3 Å². The molecule has 1 atom stereocenters. The van der Waals surface area contributed by atoms with Crippen LogP contribution in [0, 0.1) is 5.41 Å². The molecule has 0 aromatic rings. The number of rotatable bonds is 4. The van der Waals surface area contributed by atoms with Crippen molar-refractivity contribution in [2.45, 2.75) is 53.5 Å². The average Bonchev–Trinajstić information content (AvgIpc) is 2.62. The first-order chi connectivity index (χ1) is 7.43. The molecule has 0 radical (unpaired) electrons. The summed E-state index contributed by atoms with van der Waals surface area (Å²) >= 11 is 0. The molecule has 0 N–H and O–H groups in total. The SMILES string of the molecule is CC.CC(C)N1CCC(C)(CCN(C)C)C1. The number of hydrogen-bond acceptors (Lipinski definition) is 2. The first kappa shape index (κ1) is 15.9. The predicted molar refractivity (Wildman–Crippen MR) is 74.0 cm³/mol. The van der Waals surface area contributed by atoms with Crippen LogP contribution in [0.15, 0.2) is 0 Å².